The van der Waals surface area contributed by atoms with Crippen molar-refractivity contribution in [3.05, 3.63) is 87.4 Å². The number of unbranched alkanes of at least 4 members (excludes halogenated alkanes) is 1. The van der Waals surface area contributed by atoms with Crippen molar-refractivity contribution in [1.29, 1.82) is 0 Å². The first kappa shape index (κ1) is 23.2. The Morgan fingerprint density at radius 1 is 1.06 bits per heavy atom. The summed E-state index contributed by atoms with van der Waals surface area (Å²) in [6, 6.07) is 14.5. The third kappa shape index (κ3) is 4.87. The quantitative estimate of drug-likeness (QED) is 0.304. The number of rotatable bonds is 7. The average Bonchev–Trinajstić information content (AvgIpc) is 3.17. The third-order valence-corrected chi connectivity index (χ3v) is 6.13. The summed E-state index contributed by atoms with van der Waals surface area (Å²) in [7, 11) is 0. The standard InChI is InChI=1S/C25H21Cl2F2N3O/c1-2-3-11-32-22-10-8-16(25(33)30-14-17-5-4-6-20(28)23(17)29)13-21(22)31-24(32)15-7-9-18(26)19(27)12-15/h4-10,12-13H,2-3,11,14H2,1H3,(H,30,33). The summed E-state index contributed by atoms with van der Waals surface area (Å²) in [4.78, 5) is 17.4. The summed E-state index contributed by atoms with van der Waals surface area (Å²) in [6.07, 6.45) is 1.97. The number of nitrogens with one attached hydrogen (secondary N) is 1. The largest absolute Gasteiger partial charge is 0.348 e. The molecule has 0 atom stereocenters. The van der Waals surface area contributed by atoms with Gasteiger partial charge < -0.3 is 9.88 Å². The molecule has 0 spiro atoms. The summed E-state index contributed by atoms with van der Waals surface area (Å²) < 4.78 is 29.4. The number of aromatic nitrogens is 2. The molecular weight excluding hydrogens is 467 g/mol. The van der Waals surface area contributed by atoms with Gasteiger partial charge in [0, 0.05) is 29.8 Å². The maximum Gasteiger partial charge on any atom is 0.251 e. The van der Waals surface area contributed by atoms with Gasteiger partial charge in [0.15, 0.2) is 11.6 Å². The highest BCUT2D eigenvalue weighted by Crippen LogP contribution is 2.31. The second kappa shape index (κ2) is 9.89. The van der Waals surface area contributed by atoms with Crippen LogP contribution in [-0.4, -0.2) is 15.5 Å². The van der Waals surface area contributed by atoms with E-state index in [4.69, 9.17) is 28.2 Å². The lowest BCUT2D eigenvalue weighted by Gasteiger charge is -2.10. The second-order valence-corrected chi connectivity index (χ2v) is 8.48. The van der Waals surface area contributed by atoms with Crippen LogP contribution >= 0.6 is 23.2 Å². The summed E-state index contributed by atoms with van der Waals surface area (Å²) in [5, 5.41) is 3.54. The Balaban J connectivity index is 1.65. The average molecular weight is 488 g/mol. The van der Waals surface area contributed by atoms with E-state index in [9.17, 15) is 13.6 Å². The van der Waals surface area contributed by atoms with E-state index in [0.717, 1.165) is 42.4 Å². The van der Waals surface area contributed by atoms with Crippen molar-refractivity contribution in [2.75, 3.05) is 0 Å². The van der Waals surface area contributed by atoms with Crippen molar-refractivity contribution in [2.24, 2.45) is 0 Å². The molecule has 0 aliphatic heterocycles. The van der Waals surface area contributed by atoms with Crippen molar-refractivity contribution in [3.8, 4) is 11.4 Å². The molecule has 0 saturated heterocycles. The Hall–Kier alpha value is -2.96. The Morgan fingerprint density at radius 3 is 2.64 bits per heavy atom. The van der Waals surface area contributed by atoms with Gasteiger partial charge in [0.05, 0.1) is 21.1 Å². The summed E-state index contributed by atoms with van der Waals surface area (Å²) in [5.41, 5.74) is 2.81. The van der Waals surface area contributed by atoms with Crippen molar-refractivity contribution in [3.63, 3.8) is 0 Å². The molecule has 0 radical (unpaired) electrons. The fraction of sp³-hybridized carbons (Fsp3) is 0.200. The summed E-state index contributed by atoms with van der Waals surface area (Å²) in [6.45, 7) is 2.74. The van der Waals surface area contributed by atoms with Crippen molar-refractivity contribution < 1.29 is 13.6 Å². The molecule has 3 aromatic carbocycles. The number of fused-ring (bicyclic) bond motifs is 1. The van der Waals surface area contributed by atoms with Crippen molar-refractivity contribution in [1.82, 2.24) is 14.9 Å². The van der Waals surface area contributed by atoms with E-state index < -0.39 is 17.5 Å². The molecule has 0 unspecified atom stereocenters. The number of hydrogen-bond acceptors (Lipinski definition) is 2. The lowest BCUT2D eigenvalue weighted by molar-refractivity contribution is 0.0950. The molecule has 0 saturated carbocycles. The van der Waals surface area contributed by atoms with Crippen molar-refractivity contribution in [2.45, 2.75) is 32.9 Å². The Bertz CT molecular complexity index is 1340. The first-order chi connectivity index (χ1) is 15.9. The van der Waals surface area contributed by atoms with Crippen LogP contribution in [0.4, 0.5) is 8.78 Å². The Labute approximate surface area is 200 Å². The maximum atomic E-state index is 13.9. The van der Waals surface area contributed by atoms with Crippen LogP contribution in [0.2, 0.25) is 10.0 Å². The molecule has 1 heterocycles. The molecular formula is C25H21Cl2F2N3O. The van der Waals surface area contributed by atoms with E-state index in [2.05, 4.69) is 16.8 Å². The Kier molecular flexibility index (Phi) is 6.96. The number of nitrogens with zero attached hydrogens (tertiary/aromatic N) is 2. The highest BCUT2D eigenvalue weighted by atomic mass is 35.5. The second-order valence-electron chi connectivity index (χ2n) is 7.67. The van der Waals surface area contributed by atoms with E-state index >= 15 is 0 Å². The smallest absolute Gasteiger partial charge is 0.251 e. The van der Waals surface area contributed by atoms with Gasteiger partial charge in [-0.2, -0.15) is 0 Å². The van der Waals surface area contributed by atoms with Gasteiger partial charge in [0.25, 0.3) is 5.91 Å². The number of carbonyl (C=O) groups is 1. The molecule has 4 aromatic rings. The van der Waals surface area contributed by atoms with Gasteiger partial charge in [-0.05, 0) is 48.9 Å². The van der Waals surface area contributed by atoms with Gasteiger partial charge in [0.2, 0.25) is 0 Å². The van der Waals surface area contributed by atoms with Gasteiger partial charge in [0.1, 0.15) is 5.82 Å². The zero-order chi connectivity index (χ0) is 23.5. The fourth-order valence-corrected chi connectivity index (χ4v) is 3.93. The molecule has 0 aliphatic carbocycles. The molecule has 0 bridgehead atoms. The predicted molar refractivity (Wildman–Crippen MR) is 128 cm³/mol. The molecule has 1 aromatic heterocycles. The number of amides is 1. The SMILES string of the molecule is CCCCn1c(-c2ccc(Cl)c(Cl)c2)nc2cc(C(=O)NCc3cccc(F)c3F)ccc21. The minimum Gasteiger partial charge on any atom is -0.348 e. The van der Waals surface area contributed by atoms with Crippen LogP contribution in [0.5, 0.6) is 0 Å². The van der Waals surface area contributed by atoms with E-state index in [1.807, 2.05) is 12.1 Å². The lowest BCUT2D eigenvalue weighted by Crippen LogP contribution is -2.23. The first-order valence-corrected chi connectivity index (χ1v) is 11.3. The van der Waals surface area contributed by atoms with Crippen LogP contribution in [0.1, 0.15) is 35.7 Å². The number of hydrogen-bond donors (Lipinski definition) is 1. The van der Waals surface area contributed by atoms with Gasteiger partial charge in [-0.1, -0.05) is 48.7 Å². The zero-order valence-electron chi connectivity index (χ0n) is 17.8. The molecule has 1 amide bonds. The number of aryl methyl sites for hydroxylation is 1. The van der Waals surface area contributed by atoms with Crippen LogP contribution in [0.3, 0.4) is 0 Å². The van der Waals surface area contributed by atoms with E-state index in [-0.39, 0.29) is 12.1 Å². The van der Waals surface area contributed by atoms with Crippen LogP contribution in [0.25, 0.3) is 22.4 Å². The number of imidazole rings is 1. The molecule has 4 rings (SSSR count). The van der Waals surface area contributed by atoms with Gasteiger partial charge in [-0.25, -0.2) is 13.8 Å². The maximum absolute atomic E-state index is 13.9. The van der Waals surface area contributed by atoms with Crippen LogP contribution in [-0.2, 0) is 13.1 Å². The first-order valence-electron chi connectivity index (χ1n) is 10.6. The van der Waals surface area contributed by atoms with Gasteiger partial charge >= 0.3 is 0 Å². The number of carbonyl (C=O) groups excluding carboxylic acids is 1. The van der Waals surface area contributed by atoms with Crippen LogP contribution in [0.15, 0.2) is 54.6 Å². The highest BCUT2D eigenvalue weighted by Gasteiger charge is 2.16. The monoisotopic (exact) mass is 487 g/mol. The normalized spacial score (nSPS) is 11.2. The minimum absolute atomic E-state index is 0.0789. The third-order valence-electron chi connectivity index (χ3n) is 5.39. The van der Waals surface area contributed by atoms with Crippen molar-refractivity contribution >= 4 is 40.1 Å². The van der Waals surface area contributed by atoms with Gasteiger partial charge in [-0.3, -0.25) is 4.79 Å². The zero-order valence-corrected chi connectivity index (χ0v) is 19.4. The molecule has 0 fully saturated rings. The summed E-state index contributed by atoms with van der Waals surface area (Å²) >= 11 is 12.3. The molecule has 4 nitrogen and oxygen atoms in total. The van der Waals surface area contributed by atoms with Gasteiger partial charge in [-0.15, -0.1) is 0 Å². The number of benzene rings is 3. The molecule has 8 heteroatoms. The summed E-state index contributed by atoms with van der Waals surface area (Å²) in [5.74, 6) is -1.58. The topological polar surface area (TPSA) is 46.9 Å². The highest BCUT2D eigenvalue weighted by molar-refractivity contribution is 6.42. The van der Waals surface area contributed by atoms with Crippen LogP contribution in [0, 0.1) is 11.6 Å². The minimum atomic E-state index is -0.964. The molecule has 33 heavy (non-hydrogen) atoms. The predicted octanol–water partition coefficient (Wildman–Crippen LogP) is 7.02. The molecule has 170 valence electrons. The van der Waals surface area contributed by atoms with Crippen LogP contribution < -0.4 is 5.32 Å². The molecule has 1 N–H and O–H groups in total. The molecule has 0 aliphatic rings. The van der Waals surface area contributed by atoms with E-state index in [0.29, 0.717) is 21.1 Å². The van der Waals surface area contributed by atoms with E-state index in [1.165, 1.54) is 12.1 Å². The number of halogens is 4. The lowest BCUT2D eigenvalue weighted by atomic mass is 10.1. The van der Waals surface area contributed by atoms with E-state index in [1.54, 1.807) is 24.3 Å². The Morgan fingerprint density at radius 2 is 1.88 bits per heavy atom. The fourth-order valence-electron chi connectivity index (χ4n) is 3.63.